The fourth-order valence-electron chi connectivity index (χ4n) is 3.05. The van der Waals surface area contributed by atoms with Gasteiger partial charge in [0.1, 0.15) is 22.6 Å². The van der Waals surface area contributed by atoms with Crippen LogP contribution in [0.5, 0.6) is 0 Å². The average molecular weight is 355 g/mol. The maximum Gasteiger partial charge on any atom is 0.143 e. The Bertz CT molecular complexity index is 931. The number of pyridine rings is 2. The number of carbonyl (C=O) groups excluding carboxylic acids is 1. The van der Waals surface area contributed by atoms with Crippen LogP contribution >= 0.6 is 11.6 Å². The summed E-state index contributed by atoms with van der Waals surface area (Å²) in [5.41, 5.74) is 3.49. The number of aryl methyl sites for hydroxylation is 2. The second kappa shape index (κ2) is 6.76. The Hall–Kier alpha value is -2.53. The molecule has 128 valence electrons. The van der Waals surface area contributed by atoms with Gasteiger partial charge in [0.15, 0.2) is 0 Å². The molecule has 0 aromatic carbocycles. The normalized spacial score (nSPS) is 12.2. The van der Waals surface area contributed by atoms with Crippen LogP contribution in [-0.4, -0.2) is 25.3 Å². The van der Waals surface area contributed by atoms with E-state index in [2.05, 4.69) is 15.0 Å². The highest BCUT2D eigenvalue weighted by Crippen LogP contribution is 2.30. The fourth-order valence-corrected chi connectivity index (χ4v) is 3.23. The maximum atomic E-state index is 12.4. The second-order valence-electron chi connectivity index (χ2n) is 6.11. The molecule has 3 aromatic rings. The van der Waals surface area contributed by atoms with Crippen LogP contribution in [0.4, 0.5) is 0 Å². The molecule has 0 saturated heterocycles. The Labute approximate surface area is 151 Å². The summed E-state index contributed by atoms with van der Waals surface area (Å²) in [6.07, 6.45) is 3.42. The van der Waals surface area contributed by atoms with E-state index in [4.69, 9.17) is 11.6 Å². The van der Waals surface area contributed by atoms with Crippen LogP contribution in [0.1, 0.15) is 41.2 Å². The van der Waals surface area contributed by atoms with Crippen LogP contribution in [0.25, 0.3) is 5.82 Å². The summed E-state index contributed by atoms with van der Waals surface area (Å²) in [6.45, 7) is 7.43. The largest absolute Gasteiger partial charge is 0.299 e. The minimum Gasteiger partial charge on any atom is -0.299 e. The zero-order valence-electron chi connectivity index (χ0n) is 14.6. The molecule has 25 heavy (non-hydrogen) atoms. The minimum absolute atomic E-state index is 0.00637. The van der Waals surface area contributed by atoms with Crippen LogP contribution < -0.4 is 0 Å². The van der Waals surface area contributed by atoms with Crippen molar-refractivity contribution >= 4 is 17.4 Å². The fraction of sp³-hybridized carbons (Fsp3) is 0.263. The van der Waals surface area contributed by atoms with Gasteiger partial charge in [0, 0.05) is 18.1 Å². The van der Waals surface area contributed by atoms with Gasteiger partial charge in [-0.15, -0.1) is 0 Å². The first kappa shape index (κ1) is 17.3. The monoisotopic (exact) mass is 354 g/mol. The van der Waals surface area contributed by atoms with Crippen molar-refractivity contribution in [2.75, 3.05) is 0 Å². The molecule has 0 spiro atoms. The van der Waals surface area contributed by atoms with Gasteiger partial charge in [0.05, 0.1) is 11.6 Å². The summed E-state index contributed by atoms with van der Waals surface area (Å²) in [6, 6.07) is 7.47. The third-order valence-corrected chi connectivity index (χ3v) is 4.41. The van der Waals surface area contributed by atoms with Gasteiger partial charge in [-0.2, -0.15) is 0 Å². The Morgan fingerprint density at radius 1 is 1.16 bits per heavy atom. The van der Waals surface area contributed by atoms with Crippen molar-refractivity contribution in [2.45, 2.75) is 33.6 Å². The molecule has 0 aliphatic rings. The molecular weight excluding hydrogens is 336 g/mol. The number of imidazole rings is 1. The summed E-state index contributed by atoms with van der Waals surface area (Å²) in [5.74, 6) is 1.10. The van der Waals surface area contributed by atoms with E-state index in [0.29, 0.717) is 5.15 Å². The third kappa shape index (κ3) is 3.33. The molecule has 0 saturated carbocycles. The maximum absolute atomic E-state index is 12.4. The predicted octanol–water partition coefficient (Wildman–Crippen LogP) is 3.96. The first-order chi connectivity index (χ1) is 11.9. The molecule has 0 N–H and O–H groups in total. The van der Waals surface area contributed by atoms with Crippen LogP contribution in [0, 0.1) is 20.8 Å². The quantitative estimate of drug-likeness (QED) is 0.665. The number of Topliss-reactive ketones (excluding diaryl/α,β-unsaturated/α-hetero) is 1. The minimum atomic E-state index is -0.481. The number of carbonyl (C=O) groups is 1. The Morgan fingerprint density at radius 3 is 2.52 bits per heavy atom. The molecule has 0 aliphatic heterocycles. The lowest BCUT2D eigenvalue weighted by Gasteiger charge is -2.14. The van der Waals surface area contributed by atoms with Crippen LogP contribution in [0.15, 0.2) is 36.7 Å². The van der Waals surface area contributed by atoms with Crippen molar-refractivity contribution in [2.24, 2.45) is 0 Å². The summed E-state index contributed by atoms with van der Waals surface area (Å²) < 4.78 is 1.97. The number of rotatable bonds is 4. The molecular formula is C19H19ClN4O. The van der Waals surface area contributed by atoms with Crippen LogP contribution in [-0.2, 0) is 4.79 Å². The van der Waals surface area contributed by atoms with Crippen molar-refractivity contribution in [3.05, 3.63) is 70.2 Å². The Morgan fingerprint density at radius 2 is 1.92 bits per heavy atom. The van der Waals surface area contributed by atoms with Gasteiger partial charge in [-0.05, 0) is 57.0 Å². The highest BCUT2D eigenvalue weighted by molar-refractivity contribution is 6.29. The van der Waals surface area contributed by atoms with Crippen LogP contribution in [0.3, 0.4) is 0 Å². The summed E-state index contributed by atoms with van der Waals surface area (Å²) >= 11 is 6.01. The number of halogens is 1. The lowest BCUT2D eigenvalue weighted by molar-refractivity contribution is -0.117. The summed E-state index contributed by atoms with van der Waals surface area (Å²) in [4.78, 5) is 25.5. The molecule has 0 fully saturated rings. The third-order valence-electron chi connectivity index (χ3n) is 4.20. The topological polar surface area (TPSA) is 60.7 Å². The predicted molar refractivity (Wildman–Crippen MR) is 97.3 cm³/mol. The molecule has 6 heteroatoms. The standard InChI is InChI=1S/C19H19ClN4O/c1-11-5-6-17(22-10-11)24-12(2)19(23-14(24)4)18(13(3)25)15-7-8-21-16(20)9-15/h5-10,18H,1-4H3. The molecule has 5 nitrogen and oxygen atoms in total. The molecule has 3 aromatic heterocycles. The molecule has 1 unspecified atom stereocenters. The van der Waals surface area contributed by atoms with Gasteiger partial charge in [-0.1, -0.05) is 17.7 Å². The Kier molecular flexibility index (Phi) is 4.68. The lowest BCUT2D eigenvalue weighted by atomic mass is 9.92. The first-order valence-corrected chi connectivity index (χ1v) is 8.37. The average Bonchev–Trinajstić information content (AvgIpc) is 2.83. The van der Waals surface area contributed by atoms with E-state index >= 15 is 0 Å². The van der Waals surface area contributed by atoms with Gasteiger partial charge in [0.25, 0.3) is 0 Å². The van der Waals surface area contributed by atoms with E-state index in [-0.39, 0.29) is 5.78 Å². The summed E-state index contributed by atoms with van der Waals surface area (Å²) in [7, 11) is 0. The number of aromatic nitrogens is 4. The highest BCUT2D eigenvalue weighted by atomic mass is 35.5. The Balaban J connectivity index is 2.14. The van der Waals surface area contributed by atoms with E-state index in [1.165, 1.54) is 0 Å². The molecule has 1 atom stereocenters. The molecule has 3 rings (SSSR count). The second-order valence-corrected chi connectivity index (χ2v) is 6.50. The van der Waals surface area contributed by atoms with Gasteiger partial charge in [0.2, 0.25) is 0 Å². The lowest BCUT2D eigenvalue weighted by Crippen LogP contribution is -2.13. The summed E-state index contributed by atoms with van der Waals surface area (Å²) in [5, 5.41) is 0.359. The zero-order valence-corrected chi connectivity index (χ0v) is 15.4. The SMILES string of the molecule is CC(=O)C(c1ccnc(Cl)c1)c1nc(C)n(-c2ccc(C)cn2)c1C. The van der Waals surface area contributed by atoms with E-state index in [9.17, 15) is 4.79 Å². The van der Waals surface area contributed by atoms with E-state index in [0.717, 1.165) is 34.2 Å². The van der Waals surface area contributed by atoms with E-state index in [1.807, 2.05) is 43.7 Å². The number of ketones is 1. The number of nitrogens with zero attached hydrogens (tertiary/aromatic N) is 4. The van der Waals surface area contributed by atoms with Gasteiger partial charge in [-0.3, -0.25) is 9.36 Å². The molecule has 3 heterocycles. The molecule has 0 amide bonds. The van der Waals surface area contributed by atoms with Crippen molar-refractivity contribution in [1.29, 1.82) is 0 Å². The van der Waals surface area contributed by atoms with Gasteiger partial charge < -0.3 is 0 Å². The number of hydrogen-bond donors (Lipinski definition) is 0. The highest BCUT2D eigenvalue weighted by Gasteiger charge is 2.26. The van der Waals surface area contributed by atoms with Crippen molar-refractivity contribution < 1.29 is 4.79 Å². The van der Waals surface area contributed by atoms with E-state index in [1.54, 1.807) is 25.3 Å². The van der Waals surface area contributed by atoms with Crippen molar-refractivity contribution in [3.8, 4) is 5.82 Å². The van der Waals surface area contributed by atoms with Gasteiger partial charge >= 0.3 is 0 Å². The smallest absolute Gasteiger partial charge is 0.143 e. The van der Waals surface area contributed by atoms with Crippen LogP contribution in [0.2, 0.25) is 5.15 Å². The first-order valence-electron chi connectivity index (χ1n) is 7.99. The van der Waals surface area contributed by atoms with Gasteiger partial charge in [-0.25, -0.2) is 15.0 Å². The molecule has 0 radical (unpaired) electrons. The van der Waals surface area contributed by atoms with E-state index < -0.39 is 5.92 Å². The van der Waals surface area contributed by atoms with Crippen molar-refractivity contribution in [1.82, 2.24) is 19.5 Å². The number of hydrogen-bond acceptors (Lipinski definition) is 4. The zero-order chi connectivity index (χ0) is 18.1. The molecule has 0 aliphatic carbocycles. The molecule has 0 bridgehead atoms. The van der Waals surface area contributed by atoms with Crippen molar-refractivity contribution in [3.63, 3.8) is 0 Å².